The van der Waals surface area contributed by atoms with Crippen LogP contribution in [0.4, 0.5) is 13.2 Å². The summed E-state index contributed by atoms with van der Waals surface area (Å²) in [7, 11) is 0. The van der Waals surface area contributed by atoms with Crippen LogP contribution in [0.1, 0.15) is 16.4 Å². The average molecular weight is 288 g/mol. The number of amides is 1. The molecule has 0 aliphatic rings. The molecule has 0 N–H and O–H groups in total. The molecule has 2 rings (SSSR count). The topological polar surface area (TPSA) is 81.2 Å². The van der Waals surface area contributed by atoms with E-state index < -0.39 is 18.0 Å². The number of carbonyl (C=O) groups is 1. The van der Waals surface area contributed by atoms with Crippen LogP contribution >= 0.6 is 0 Å². The van der Waals surface area contributed by atoms with E-state index in [0.29, 0.717) is 0 Å². The molecule has 0 radical (unpaired) electrons. The lowest BCUT2D eigenvalue weighted by Gasteiger charge is -1.97. The minimum Gasteiger partial charge on any atom is -0.329 e. The molecule has 0 aliphatic heterocycles. The van der Waals surface area contributed by atoms with Crippen LogP contribution in [0.2, 0.25) is 0 Å². The number of hydrogen-bond donors (Lipinski definition) is 0. The van der Waals surface area contributed by atoms with E-state index in [9.17, 15) is 18.0 Å². The number of hydrogen-bond acceptors (Lipinski definition) is 6. The van der Waals surface area contributed by atoms with Crippen molar-refractivity contribution >= 4 is 18.3 Å². The molecule has 2 aromatic rings. The van der Waals surface area contributed by atoms with Crippen LogP contribution in [0.25, 0.3) is 11.4 Å². The quantitative estimate of drug-likeness (QED) is 0.841. The minimum absolute atomic E-state index is 0.0294. The number of nitrogens with zero attached hydrogens (tertiary/aromatic N) is 4. The number of halogens is 3. The second kappa shape index (κ2) is 4.80. The first kappa shape index (κ1) is 13.2. The smallest absolute Gasteiger partial charge is 0.329 e. The van der Waals surface area contributed by atoms with Crippen molar-refractivity contribution < 1.29 is 22.5 Å². The van der Waals surface area contributed by atoms with E-state index in [1.54, 1.807) is 0 Å². The number of carbonyl (C=O) groups excluding carboxylic acids is 1. The van der Waals surface area contributed by atoms with E-state index in [1.165, 1.54) is 12.1 Å². The molecule has 19 heavy (non-hydrogen) atoms. The SMILES string of the molecule is O=C(N=S)c1ccc(-c2noc(C(F)(F)F)n2)cn1. The number of rotatable bonds is 2. The van der Waals surface area contributed by atoms with Gasteiger partial charge in [0.1, 0.15) is 5.69 Å². The van der Waals surface area contributed by atoms with Gasteiger partial charge in [0, 0.05) is 24.2 Å². The lowest BCUT2D eigenvalue weighted by molar-refractivity contribution is -0.159. The fourth-order valence-electron chi connectivity index (χ4n) is 1.16. The van der Waals surface area contributed by atoms with Gasteiger partial charge >= 0.3 is 18.0 Å². The van der Waals surface area contributed by atoms with Crippen molar-refractivity contribution in [2.45, 2.75) is 6.18 Å². The van der Waals surface area contributed by atoms with Gasteiger partial charge in [-0.25, -0.2) is 0 Å². The average Bonchev–Trinajstić information content (AvgIpc) is 2.87. The fourth-order valence-corrected chi connectivity index (χ4v) is 1.25. The van der Waals surface area contributed by atoms with Gasteiger partial charge < -0.3 is 4.52 Å². The summed E-state index contributed by atoms with van der Waals surface area (Å²) in [4.78, 5) is 17.9. The normalized spacial score (nSPS) is 11.3. The second-order valence-electron chi connectivity index (χ2n) is 3.25. The van der Waals surface area contributed by atoms with E-state index >= 15 is 0 Å². The van der Waals surface area contributed by atoms with Crippen molar-refractivity contribution in [1.29, 1.82) is 0 Å². The van der Waals surface area contributed by atoms with Crippen LogP contribution in [-0.2, 0) is 18.6 Å². The summed E-state index contributed by atoms with van der Waals surface area (Å²) >= 11 is 4.20. The molecule has 0 bridgehead atoms. The monoisotopic (exact) mass is 288 g/mol. The summed E-state index contributed by atoms with van der Waals surface area (Å²) < 4.78 is 43.8. The number of alkyl halides is 3. The molecule has 6 nitrogen and oxygen atoms in total. The Morgan fingerprint density at radius 2 is 2.11 bits per heavy atom. The lowest BCUT2D eigenvalue weighted by Crippen LogP contribution is -2.04. The Kier molecular flexibility index (Phi) is 3.34. The highest BCUT2D eigenvalue weighted by Gasteiger charge is 2.38. The molecular formula is C9H3F3N4O2S. The lowest BCUT2D eigenvalue weighted by atomic mass is 10.2. The standard InChI is InChI=1S/C9H3F3N4O2S/c10-9(11,12)8-14-6(15-18-8)4-1-2-5(13-3-4)7(17)16-19/h1-3H. The Balaban J connectivity index is 2.30. The first-order valence-electron chi connectivity index (χ1n) is 4.67. The van der Waals surface area contributed by atoms with Crippen LogP contribution < -0.4 is 0 Å². The maximum Gasteiger partial charge on any atom is 0.471 e. The Hall–Kier alpha value is -2.23. The Morgan fingerprint density at radius 1 is 1.37 bits per heavy atom. The zero-order valence-electron chi connectivity index (χ0n) is 8.88. The van der Waals surface area contributed by atoms with E-state index in [2.05, 4.69) is 36.4 Å². The first-order valence-corrected chi connectivity index (χ1v) is 5.03. The van der Waals surface area contributed by atoms with E-state index in [1.807, 2.05) is 0 Å². The maximum atomic E-state index is 12.3. The van der Waals surface area contributed by atoms with Gasteiger partial charge in [0.2, 0.25) is 5.82 Å². The van der Waals surface area contributed by atoms with Crippen LogP contribution in [0.3, 0.4) is 0 Å². The van der Waals surface area contributed by atoms with Gasteiger partial charge in [0.15, 0.2) is 0 Å². The van der Waals surface area contributed by atoms with Crippen molar-refractivity contribution in [3.63, 3.8) is 0 Å². The van der Waals surface area contributed by atoms with Gasteiger partial charge in [-0.15, -0.1) is 4.36 Å². The minimum atomic E-state index is -4.71. The molecule has 0 saturated heterocycles. The molecule has 0 aliphatic carbocycles. The molecule has 0 fully saturated rings. The van der Waals surface area contributed by atoms with Crippen molar-refractivity contribution in [2.75, 3.05) is 0 Å². The van der Waals surface area contributed by atoms with Crippen molar-refractivity contribution in [3.8, 4) is 11.4 Å². The van der Waals surface area contributed by atoms with Gasteiger partial charge in [-0.1, -0.05) is 5.16 Å². The van der Waals surface area contributed by atoms with E-state index in [-0.39, 0.29) is 17.1 Å². The Bertz CT molecular complexity index is 623. The zero-order chi connectivity index (χ0) is 14.0. The summed E-state index contributed by atoms with van der Waals surface area (Å²) in [5.41, 5.74) is 0.137. The van der Waals surface area contributed by atoms with Gasteiger partial charge in [0.05, 0.1) is 0 Å². The first-order chi connectivity index (χ1) is 8.91. The summed E-state index contributed by atoms with van der Waals surface area (Å²) in [6.45, 7) is 0. The molecule has 2 aromatic heterocycles. The summed E-state index contributed by atoms with van der Waals surface area (Å²) in [6.07, 6.45) is -3.59. The molecule has 1 amide bonds. The third kappa shape index (κ3) is 2.78. The van der Waals surface area contributed by atoms with Crippen LogP contribution in [0, 0.1) is 0 Å². The van der Waals surface area contributed by atoms with Crippen LogP contribution in [0.5, 0.6) is 0 Å². The van der Waals surface area contributed by atoms with Gasteiger partial charge in [-0.2, -0.15) is 18.2 Å². The van der Waals surface area contributed by atoms with Crippen molar-refractivity contribution in [2.24, 2.45) is 4.36 Å². The maximum absolute atomic E-state index is 12.3. The van der Waals surface area contributed by atoms with Crippen molar-refractivity contribution in [3.05, 3.63) is 29.9 Å². The number of pyridine rings is 1. The van der Waals surface area contributed by atoms with Gasteiger partial charge in [-0.3, -0.25) is 9.78 Å². The highest BCUT2D eigenvalue weighted by molar-refractivity contribution is 7.47. The largest absolute Gasteiger partial charge is 0.471 e. The molecular weight excluding hydrogens is 285 g/mol. The Labute approximate surface area is 108 Å². The predicted octanol–water partition coefficient (Wildman–Crippen LogP) is 2.02. The molecule has 0 unspecified atom stereocenters. The highest BCUT2D eigenvalue weighted by atomic mass is 32.1. The number of aromatic nitrogens is 3. The molecule has 0 atom stereocenters. The van der Waals surface area contributed by atoms with Crippen molar-refractivity contribution in [1.82, 2.24) is 15.1 Å². The zero-order valence-corrected chi connectivity index (χ0v) is 9.70. The summed E-state index contributed by atoms with van der Waals surface area (Å²) in [5, 5.41) is 3.17. The molecule has 0 spiro atoms. The molecule has 2 heterocycles. The Morgan fingerprint density at radius 3 is 2.58 bits per heavy atom. The predicted molar refractivity (Wildman–Crippen MR) is 56.7 cm³/mol. The molecule has 0 saturated carbocycles. The van der Waals surface area contributed by atoms with Gasteiger partial charge in [-0.05, 0) is 12.1 Å². The third-order valence-electron chi connectivity index (χ3n) is 1.99. The fraction of sp³-hybridized carbons (Fsp3) is 0.111. The van der Waals surface area contributed by atoms with Crippen LogP contribution in [-0.4, -0.2) is 21.0 Å². The summed E-state index contributed by atoms with van der Waals surface area (Å²) in [5.74, 6) is -2.46. The van der Waals surface area contributed by atoms with E-state index in [4.69, 9.17) is 0 Å². The molecule has 0 aromatic carbocycles. The highest BCUT2D eigenvalue weighted by Crippen LogP contribution is 2.29. The molecule has 98 valence electrons. The second-order valence-corrected chi connectivity index (χ2v) is 3.43. The molecule has 10 heteroatoms. The van der Waals surface area contributed by atoms with Crippen LogP contribution in [0.15, 0.2) is 27.2 Å². The summed E-state index contributed by atoms with van der Waals surface area (Å²) in [6, 6.07) is 2.56. The third-order valence-corrected chi connectivity index (χ3v) is 2.16. The van der Waals surface area contributed by atoms with E-state index in [0.717, 1.165) is 6.20 Å². The van der Waals surface area contributed by atoms with Gasteiger partial charge in [0.25, 0.3) is 0 Å².